The van der Waals surface area contributed by atoms with Gasteiger partial charge in [-0.25, -0.2) is 0 Å². The van der Waals surface area contributed by atoms with Gasteiger partial charge in [0.05, 0.1) is 12.5 Å². The molecule has 6 heavy (non-hydrogen) atoms. The van der Waals surface area contributed by atoms with Crippen LogP contribution in [0.1, 0.15) is 0 Å². The van der Waals surface area contributed by atoms with Gasteiger partial charge in [-0.15, -0.1) is 0 Å². The molecule has 0 unspecified atom stereocenters. The summed E-state index contributed by atoms with van der Waals surface area (Å²) in [5, 5.41) is 0. The summed E-state index contributed by atoms with van der Waals surface area (Å²) in [5.74, 6) is 0. The molecule has 0 fully saturated rings. The minimum Gasteiger partial charge on any atom is -0.473 e. The van der Waals surface area contributed by atoms with Gasteiger partial charge < -0.3 is 4.42 Å². The Morgan fingerprint density at radius 2 is 1.50 bits per heavy atom. The Labute approximate surface area is 47.1 Å². The van der Waals surface area contributed by atoms with E-state index in [1.165, 1.54) is 0 Å². The van der Waals surface area contributed by atoms with E-state index in [1.807, 2.05) is 12.1 Å². The van der Waals surface area contributed by atoms with Crippen molar-refractivity contribution in [2.24, 2.45) is 0 Å². The first kappa shape index (κ1) is 5.81. The van der Waals surface area contributed by atoms with Gasteiger partial charge in [-0.3, -0.25) is 0 Å². The highest BCUT2D eigenvalue weighted by atomic mass is 27.0. The molecule has 0 aliphatic carbocycles. The Morgan fingerprint density at radius 3 is 1.67 bits per heavy atom. The molecular weight excluding hydrogens is 91.0 g/mol. The molecule has 0 bridgehead atoms. The first-order chi connectivity index (χ1) is 2.50. The Morgan fingerprint density at radius 1 is 1.00 bits per heavy atom. The van der Waals surface area contributed by atoms with Crippen LogP contribution < -0.4 is 0 Å². The molecule has 0 N–H and O–H groups in total. The second kappa shape index (κ2) is 3.02. The molecule has 0 spiro atoms. The van der Waals surface area contributed by atoms with Crippen molar-refractivity contribution in [2.45, 2.75) is 0 Å². The SMILES string of the molecule is [AlH3].c1ccoc1. The summed E-state index contributed by atoms with van der Waals surface area (Å²) in [7, 11) is 0. The Bertz CT molecular complexity index is 64.0. The van der Waals surface area contributed by atoms with Gasteiger partial charge in [-0.1, -0.05) is 0 Å². The van der Waals surface area contributed by atoms with Gasteiger partial charge in [0.2, 0.25) is 0 Å². The summed E-state index contributed by atoms with van der Waals surface area (Å²) in [6, 6.07) is 3.67. The summed E-state index contributed by atoms with van der Waals surface area (Å²) in [6.45, 7) is 0. The molecule has 0 radical (unpaired) electrons. The van der Waals surface area contributed by atoms with Crippen LogP contribution in [0.25, 0.3) is 0 Å². The quantitative estimate of drug-likeness (QED) is 0.419. The highest BCUT2D eigenvalue weighted by Gasteiger charge is 1.58. The van der Waals surface area contributed by atoms with Crippen LogP contribution in [0, 0.1) is 0 Å². The average Bonchev–Trinajstić information content (AvgIpc) is 1.76. The molecule has 0 atom stereocenters. The van der Waals surface area contributed by atoms with Crippen LogP contribution >= 0.6 is 0 Å². The Kier molecular flexibility index (Phi) is 2.93. The van der Waals surface area contributed by atoms with Crippen LogP contribution in [-0.2, 0) is 0 Å². The summed E-state index contributed by atoms with van der Waals surface area (Å²) >= 11 is 0. The van der Waals surface area contributed by atoms with E-state index in [0.717, 1.165) is 0 Å². The predicted molar refractivity (Wildman–Crippen MR) is 28.6 cm³/mol. The van der Waals surface area contributed by atoms with E-state index >= 15 is 0 Å². The van der Waals surface area contributed by atoms with Crippen molar-refractivity contribution in [3.8, 4) is 0 Å². The number of rotatable bonds is 0. The van der Waals surface area contributed by atoms with Crippen LogP contribution in [0.4, 0.5) is 0 Å². The maximum absolute atomic E-state index is 4.58. The molecule has 0 saturated heterocycles. The molecule has 1 rings (SSSR count). The van der Waals surface area contributed by atoms with Crippen molar-refractivity contribution in [3.05, 3.63) is 24.7 Å². The fourth-order valence-corrected chi connectivity index (χ4v) is 0.227. The molecule has 1 nitrogen and oxygen atoms in total. The minimum atomic E-state index is 0. The van der Waals surface area contributed by atoms with Gasteiger partial charge in [-0.05, 0) is 12.1 Å². The lowest BCUT2D eigenvalue weighted by Crippen LogP contribution is -1.16. The fourth-order valence-electron chi connectivity index (χ4n) is 0.227. The average molecular weight is 98.1 g/mol. The van der Waals surface area contributed by atoms with Crippen molar-refractivity contribution >= 4 is 17.4 Å². The van der Waals surface area contributed by atoms with E-state index in [4.69, 9.17) is 0 Å². The van der Waals surface area contributed by atoms with Crippen molar-refractivity contribution in [1.82, 2.24) is 0 Å². The van der Waals surface area contributed by atoms with Gasteiger partial charge >= 0.3 is 0 Å². The number of furan rings is 1. The highest BCUT2D eigenvalue weighted by Crippen LogP contribution is 1.79. The third-order valence-electron chi connectivity index (χ3n) is 0.425. The third-order valence-corrected chi connectivity index (χ3v) is 0.425. The molecule has 2 heteroatoms. The first-order valence-corrected chi connectivity index (χ1v) is 1.47. The Hall–Kier alpha value is -0.188. The lowest BCUT2D eigenvalue weighted by molar-refractivity contribution is 0.567. The molecule has 1 aromatic heterocycles. The monoisotopic (exact) mass is 98.0 g/mol. The molecule has 0 saturated carbocycles. The van der Waals surface area contributed by atoms with Crippen LogP contribution in [0.2, 0.25) is 0 Å². The second-order valence-corrected chi connectivity index (χ2v) is 0.793. The van der Waals surface area contributed by atoms with E-state index in [1.54, 1.807) is 12.5 Å². The second-order valence-electron chi connectivity index (χ2n) is 0.793. The molecule has 0 aliphatic heterocycles. The predicted octanol–water partition coefficient (Wildman–Crippen LogP) is 0.0957. The molecule has 32 valence electrons. The van der Waals surface area contributed by atoms with Crippen LogP contribution in [0.3, 0.4) is 0 Å². The van der Waals surface area contributed by atoms with Gasteiger partial charge in [0, 0.05) is 0 Å². The highest BCUT2D eigenvalue weighted by molar-refractivity contribution is 5.75. The zero-order valence-corrected chi connectivity index (χ0v) is 2.72. The lowest BCUT2D eigenvalue weighted by atomic mass is 10.7. The van der Waals surface area contributed by atoms with Crippen LogP contribution in [0.15, 0.2) is 29.1 Å². The summed E-state index contributed by atoms with van der Waals surface area (Å²) in [5.41, 5.74) is 0. The minimum absolute atomic E-state index is 0. The number of hydrogen-bond donors (Lipinski definition) is 0. The zero-order chi connectivity index (χ0) is 3.54. The summed E-state index contributed by atoms with van der Waals surface area (Å²) in [6.07, 6.45) is 3.25. The summed E-state index contributed by atoms with van der Waals surface area (Å²) < 4.78 is 4.58. The Balaban J connectivity index is 0.000000250. The fraction of sp³-hybridized carbons (Fsp3) is 0. The topological polar surface area (TPSA) is 13.1 Å². The zero-order valence-electron chi connectivity index (χ0n) is 2.72. The molecule has 0 aromatic carbocycles. The maximum atomic E-state index is 4.58. The standard InChI is InChI=1S/C4H4O.Al.3H/c1-2-4-5-3-1;;;;/h1-4H;;;;. The molecule has 1 aromatic rings. The van der Waals surface area contributed by atoms with Crippen molar-refractivity contribution in [3.63, 3.8) is 0 Å². The van der Waals surface area contributed by atoms with Gasteiger partial charge in [0.15, 0.2) is 17.4 Å². The smallest absolute Gasteiger partial charge is 0.187 e. The van der Waals surface area contributed by atoms with Crippen LogP contribution in [0.5, 0.6) is 0 Å². The van der Waals surface area contributed by atoms with E-state index in [2.05, 4.69) is 4.42 Å². The molecule has 1 heterocycles. The number of hydrogen-bond acceptors (Lipinski definition) is 1. The third kappa shape index (κ3) is 1.30. The van der Waals surface area contributed by atoms with Crippen molar-refractivity contribution < 1.29 is 4.42 Å². The van der Waals surface area contributed by atoms with Gasteiger partial charge in [0.25, 0.3) is 0 Å². The largest absolute Gasteiger partial charge is 0.473 e. The summed E-state index contributed by atoms with van der Waals surface area (Å²) in [4.78, 5) is 0. The maximum Gasteiger partial charge on any atom is 0.187 e. The van der Waals surface area contributed by atoms with Crippen LogP contribution in [-0.4, -0.2) is 17.4 Å². The molecule has 0 amide bonds. The van der Waals surface area contributed by atoms with E-state index in [0.29, 0.717) is 0 Å². The lowest BCUT2D eigenvalue weighted by Gasteiger charge is -1.50. The van der Waals surface area contributed by atoms with E-state index < -0.39 is 0 Å². The van der Waals surface area contributed by atoms with E-state index in [9.17, 15) is 0 Å². The van der Waals surface area contributed by atoms with Crippen molar-refractivity contribution in [2.75, 3.05) is 0 Å². The molecular formula is C4H7AlO. The molecule has 0 aliphatic rings. The van der Waals surface area contributed by atoms with Gasteiger partial charge in [-0.2, -0.15) is 0 Å². The van der Waals surface area contributed by atoms with Crippen molar-refractivity contribution in [1.29, 1.82) is 0 Å². The van der Waals surface area contributed by atoms with Gasteiger partial charge in [0.1, 0.15) is 0 Å². The first-order valence-electron chi connectivity index (χ1n) is 1.47. The van der Waals surface area contributed by atoms with E-state index in [-0.39, 0.29) is 17.4 Å². The normalized spacial score (nSPS) is 6.67.